The molecule has 0 aliphatic carbocycles. The lowest BCUT2D eigenvalue weighted by molar-refractivity contribution is 0.589. The molecule has 166 valence electrons. The first-order valence-electron chi connectivity index (χ1n) is 9.83. The second kappa shape index (κ2) is 8.73. The molecule has 0 radical (unpaired) electrons. The van der Waals surface area contributed by atoms with Gasteiger partial charge in [0.25, 0.3) is 20.0 Å². The lowest BCUT2D eigenvalue weighted by Gasteiger charge is -2.32. The minimum atomic E-state index is -3.93. The fourth-order valence-electron chi connectivity index (χ4n) is 3.45. The van der Waals surface area contributed by atoms with Crippen molar-refractivity contribution in [3.05, 3.63) is 95.0 Å². The molecular weight excluding hydrogens is 512 g/mol. The van der Waals surface area contributed by atoms with Crippen LogP contribution in [0.4, 0.5) is 11.4 Å². The molecule has 0 N–H and O–H groups in total. The summed E-state index contributed by atoms with van der Waals surface area (Å²) in [7, 11) is -7.85. The number of aryl methyl sites for hydroxylation is 1. The van der Waals surface area contributed by atoms with Crippen LogP contribution in [0.15, 0.2) is 99.2 Å². The number of sulfonamides is 2. The fraction of sp³-hybridized carbons (Fsp3) is 0.130. The molecule has 1 aliphatic heterocycles. The highest BCUT2D eigenvalue weighted by atomic mass is 79.9. The molecule has 0 bridgehead atoms. The molecule has 1 heterocycles. The van der Waals surface area contributed by atoms with Crippen molar-refractivity contribution in [3.63, 3.8) is 0 Å². The lowest BCUT2D eigenvalue weighted by Crippen LogP contribution is -2.37. The van der Waals surface area contributed by atoms with Crippen molar-refractivity contribution < 1.29 is 16.8 Å². The second-order valence-electron chi connectivity index (χ2n) is 7.30. The van der Waals surface area contributed by atoms with Crippen LogP contribution in [0.5, 0.6) is 0 Å². The molecule has 0 amide bonds. The molecular formula is C23H21BrN2O4S2. The standard InChI is InChI=1S/C23H21BrN2O4S2/c1-18-8-12-20(13-9-18)31(27,28)25-16-4-5-17-26(23-7-3-2-6-22(23)25)32(29,30)21-14-10-19(24)11-15-21/h2-15H,16-17H2,1H3/b5-4-. The maximum Gasteiger partial charge on any atom is 0.264 e. The van der Waals surface area contributed by atoms with Gasteiger partial charge in [-0.05, 0) is 55.5 Å². The molecule has 4 rings (SSSR count). The quantitative estimate of drug-likeness (QED) is 0.455. The Morgan fingerprint density at radius 2 is 1.06 bits per heavy atom. The van der Waals surface area contributed by atoms with Gasteiger partial charge in [-0.1, -0.05) is 57.9 Å². The summed E-state index contributed by atoms with van der Waals surface area (Å²) >= 11 is 3.32. The van der Waals surface area contributed by atoms with E-state index in [0.717, 1.165) is 10.0 Å². The highest BCUT2D eigenvalue weighted by Gasteiger charge is 2.32. The largest absolute Gasteiger partial charge is 0.264 e. The lowest BCUT2D eigenvalue weighted by atomic mass is 10.2. The van der Waals surface area contributed by atoms with Crippen LogP contribution in [0.3, 0.4) is 0 Å². The van der Waals surface area contributed by atoms with Crippen LogP contribution < -0.4 is 8.61 Å². The number of rotatable bonds is 4. The van der Waals surface area contributed by atoms with Gasteiger partial charge in [0.1, 0.15) is 0 Å². The molecule has 0 unspecified atom stereocenters. The SMILES string of the molecule is Cc1ccc(S(=O)(=O)N2C/C=C\CN(S(=O)(=O)c3ccc(Br)cc3)c3ccccc32)cc1. The van der Waals surface area contributed by atoms with Crippen LogP contribution in [0.25, 0.3) is 0 Å². The molecule has 3 aromatic rings. The number of hydrogen-bond acceptors (Lipinski definition) is 4. The van der Waals surface area contributed by atoms with Crippen molar-refractivity contribution in [1.29, 1.82) is 0 Å². The van der Waals surface area contributed by atoms with Gasteiger partial charge in [0.15, 0.2) is 0 Å². The zero-order chi connectivity index (χ0) is 22.9. The number of para-hydroxylation sites is 2. The van der Waals surface area contributed by atoms with Crippen LogP contribution in [0.2, 0.25) is 0 Å². The highest BCUT2D eigenvalue weighted by molar-refractivity contribution is 9.10. The van der Waals surface area contributed by atoms with E-state index in [4.69, 9.17) is 0 Å². The third-order valence-corrected chi connectivity index (χ3v) is 9.26. The normalized spacial score (nSPS) is 15.6. The smallest absolute Gasteiger partial charge is 0.260 e. The molecule has 0 spiro atoms. The summed E-state index contributed by atoms with van der Waals surface area (Å²) in [6, 6.07) is 19.6. The van der Waals surface area contributed by atoms with Gasteiger partial charge in [0.2, 0.25) is 0 Å². The average molecular weight is 533 g/mol. The van der Waals surface area contributed by atoms with E-state index in [1.54, 1.807) is 72.8 Å². The van der Waals surface area contributed by atoms with Gasteiger partial charge >= 0.3 is 0 Å². The Bertz CT molecular complexity index is 1260. The Morgan fingerprint density at radius 3 is 1.50 bits per heavy atom. The molecule has 9 heteroatoms. The summed E-state index contributed by atoms with van der Waals surface area (Å²) in [5.41, 5.74) is 1.55. The Hall–Kier alpha value is -2.62. The van der Waals surface area contributed by atoms with Crippen molar-refractivity contribution >= 4 is 47.4 Å². The van der Waals surface area contributed by atoms with E-state index in [1.165, 1.54) is 20.7 Å². The van der Waals surface area contributed by atoms with E-state index in [0.29, 0.717) is 11.4 Å². The fourth-order valence-corrected chi connectivity index (χ4v) is 6.57. The average Bonchev–Trinajstić information content (AvgIpc) is 2.75. The third-order valence-electron chi connectivity index (χ3n) is 5.14. The Morgan fingerprint density at radius 1 is 0.656 bits per heavy atom. The van der Waals surface area contributed by atoms with Gasteiger partial charge in [-0.3, -0.25) is 8.61 Å². The molecule has 0 saturated carbocycles. The first kappa shape index (κ1) is 22.6. The van der Waals surface area contributed by atoms with Gasteiger partial charge < -0.3 is 0 Å². The molecule has 0 atom stereocenters. The summed E-state index contributed by atoms with van der Waals surface area (Å²) in [6.07, 6.45) is 3.34. The predicted molar refractivity (Wildman–Crippen MR) is 130 cm³/mol. The van der Waals surface area contributed by atoms with Crippen molar-refractivity contribution in [3.8, 4) is 0 Å². The van der Waals surface area contributed by atoms with E-state index in [-0.39, 0.29) is 22.9 Å². The third kappa shape index (κ3) is 4.20. The van der Waals surface area contributed by atoms with Gasteiger partial charge in [0, 0.05) is 4.47 Å². The van der Waals surface area contributed by atoms with E-state index >= 15 is 0 Å². The van der Waals surface area contributed by atoms with Gasteiger partial charge in [-0.15, -0.1) is 0 Å². The summed E-state index contributed by atoms with van der Waals surface area (Å²) in [4.78, 5) is 0.270. The zero-order valence-corrected chi connectivity index (χ0v) is 20.4. The van der Waals surface area contributed by atoms with Crippen LogP contribution in [-0.2, 0) is 20.0 Å². The summed E-state index contributed by atoms with van der Waals surface area (Å²) in [6.45, 7) is 2.07. The summed E-state index contributed by atoms with van der Waals surface area (Å²) < 4.78 is 57.3. The molecule has 0 saturated heterocycles. The van der Waals surface area contributed by atoms with E-state index < -0.39 is 20.0 Å². The van der Waals surface area contributed by atoms with E-state index in [9.17, 15) is 16.8 Å². The molecule has 0 fully saturated rings. The number of hydrogen-bond donors (Lipinski definition) is 0. The van der Waals surface area contributed by atoms with E-state index in [2.05, 4.69) is 15.9 Å². The van der Waals surface area contributed by atoms with Crippen molar-refractivity contribution in [2.45, 2.75) is 16.7 Å². The molecule has 1 aliphatic rings. The Kier molecular flexibility index (Phi) is 6.15. The highest BCUT2D eigenvalue weighted by Crippen LogP contribution is 2.37. The van der Waals surface area contributed by atoms with Crippen LogP contribution in [-0.4, -0.2) is 29.9 Å². The number of halogens is 1. The molecule has 6 nitrogen and oxygen atoms in total. The van der Waals surface area contributed by atoms with Crippen molar-refractivity contribution in [2.75, 3.05) is 21.7 Å². The predicted octanol–water partition coefficient (Wildman–Crippen LogP) is 4.72. The van der Waals surface area contributed by atoms with Crippen LogP contribution in [0, 0.1) is 6.92 Å². The van der Waals surface area contributed by atoms with Crippen molar-refractivity contribution in [1.82, 2.24) is 0 Å². The minimum absolute atomic E-state index is 0.0911. The maximum atomic E-state index is 13.5. The van der Waals surface area contributed by atoms with Gasteiger partial charge in [-0.25, -0.2) is 16.8 Å². The second-order valence-corrected chi connectivity index (χ2v) is 11.9. The van der Waals surface area contributed by atoms with Crippen molar-refractivity contribution in [2.24, 2.45) is 0 Å². The van der Waals surface area contributed by atoms with Crippen LogP contribution >= 0.6 is 15.9 Å². The number of anilines is 2. The monoisotopic (exact) mass is 532 g/mol. The topological polar surface area (TPSA) is 74.8 Å². The molecule has 0 aromatic heterocycles. The Balaban J connectivity index is 1.85. The maximum absolute atomic E-state index is 13.5. The first-order chi connectivity index (χ1) is 15.2. The Labute approximate surface area is 197 Å². The van der Waals surface area contributed by atoms with Gasteiger partial charge in [0.05, 0.1) is 34.3 Å². The first-order valence-corrected chi connectivity index (χ1v) is 13.5. The molecule has 32 heavy (non-hydrogen) atoms. The number of fused-ring (bicyclic) bond motifs is 1. The zero-order valence-electron chi connectivity index (χ0n) is 17.2. The number of benzene rings is 3. The van der Waals surface area contributed by atoms with Crippen LogP contribution in [0.1, 0.15) is 5.56 Å². The van der Waals surface area contributed by atoms with Gasteiger partial charge in [-0.2, -0.15) is 0 Å². The number of nitrogens with zero attached hydrogens (tertiary/aromatic N) is 2. The molecule has 3 aromatic carbocycles. The summed E-state index contributed by atoms with van der Waals surface area (Å²) in [5, 5.41) is 0. The van der Waals surface area contributed by atoms with E-state index in [1.807, 2.05) is 6.92 Å². The summed E-state index contributed by atoms with van der Waals surface area (Å²) in [5.74, 6) is 0. The minimum Gasteiger partial charge on any atom is -0.260 e.